The van der Waals surface area contributed by atoms with E-state index in [1.54, 1.807) is 25.3 Å². The van der Waals surface area contributed by atoms with Gasteiger partial charge in [-0.15, -0.1) is 0 Å². The van der Waals surface area contributed by atoms with Gasteiger partial charge < -0.3 is 14.7 Å². The van der Waals surface area contributed by atoms with Crippen LogP contribution in [0.2, 0.25) is 0 Å². The normalized spacial score (nSPS) is 16.4. The quantitative estimate of drug-likeness (QED) is 0.731. The number of carbonyl (C=O) groups is 1. The molecule has 1 aromatic carbocycles. The lowest BCUT2D eigenvalue weighted by molar-refractivity contribution is -0.121. The van der Waals surface area contributed by atoms with E-state index < -0.39 is 0 Å². The van der Waals surface area contributed by atoms with Crippen molar-refractivity contribution in [3.05, 3.63) is 59.8 Å². The molecule has 8 heteroatoms. The third-order valence-electron chi connectivity index (χ3n) is 4.65. The van der Waals surface area contributed by atoms with Gasteiger partial charge in [0.25, 0.3) is 5.89 Å². The molecule has 28 heavy (non-hydrogen) atoms. The third-order valence-corrected chi connectivity index (χ3v) is 4.65. The molecule has 1 unspecified atom stereocenters. The number of nitrogens with one attached hydrogen (secondary N) is 1. The molecular weight excluding hydrogens is 361 g/mol. The first-order valence-corrected chi connectivity index (χ1v) is 9.13. The standard InChI is InChI=1S/C20H20FN5O2/c1-13-23-20(28-25-13)17-6-3-8-22-19(17)26-9-7-16(12-26)24-18(27)11-14-4-2-5-15(21)10-14/h2-6,8,10,16H,7,9,11-12H2,1H3,(H,24,27). The minimum atomic E-state index is -0.337. The monoisotopic (exact) mass is 381 g/mol. The Kier molecular flexibility index (Phi) is 5.01. The zero-order valence-electron chi connectivity index (χ0n) is 15.4. The predicted molar refractivity (Wildman–Crippen MR) is 101 cm³/mol. The van der Waals surface area contributed by atoms with Gasteiger partial charge in [-0.05, 0) is 43.2 Å². The number of benzene rings is 1. The Morgan fingerprint density at radius 1 is 1.36 bits per heavy atom. The van der Waals surface area contributed by atoms with Crippen LogP contribution < -0.4 is 10.2 Å². The Bertz CT molecular complexity index is 990. The van der Waals surface area contributed by atoms with Crippen molar-refractivity contribution in [3.63, 3.8) is 0 Å². The smallest absolute Gasteiger partial charge is 0.261 e. The van der Waals surface area contributed by atoms with Gasteiger partial charge in [0.2, 0.25) is 5.91 Å². The molecule has 1 saturated heterocycles. The average Bonchev–Trinajstić information content (AvgIpc) is 3.31. The molecule has 0 saturated carbocycles. The Labute approximate surface area is 161 Å². The van der Waals surface area contributed by atoms with Gasteiger partial charge in [-0.1, -0.05) is 17.3 Å². The fourth-order valence-corrected chi connectivity index (χ4v) is 3.40. The van der Waals surface area contributed by atoms with Gasteiger partial charge in [0.05, 0.1) is 12.0 Å². The zero-order chi connectivity index (χ0) is 19.5. The molecule has 7 nitrogen and oxygen atoms in total. The van der Waals surface area contributed by atoms with Gasteiger partial charge >= 0.3 is 0 Å². The number of aromatic nitrogens is 3. The molecule has 4 rings (SSSR count). The number of pyridine rings is 1. The maximum absolute atomic E-state index is 13.3. The molecule has 0 aliphatic carbocycles. The van der Waals surface area contributed by atoms with Crippen molar-refractivity contribution in [3.8, 4) is 11.5 Å². The molecule has 144 valence electrons. The summed E-state index contributed by atoms with van der Waals surface area (Å²) in [6, 6.07) is 9.82. The molecule has 3 heterocycles. The number of carbonyl (C=O) groups excluding carboxylic acids is 1. The molecule has 1 amide bonds. The number of rotatable bonds is 5. The highest BCUT2D eigenvalue weighted by Crippen LogP contribution is 2.29. The largest absolute Gasteiger partial charge is 0.354 e. The van der Waals surface area contributed by atoms with E-state index in [4.69, 9.17) is 4.52 Å². The Morgan fingerprint density at radius 3 is 3.04 bits per heavy atom. The van der Waals surface area contributed by atoms with E-state index in [1.807, 2.05) is 12.1 Å². The van der Waals surface area contributed by atoms with Crippen molar-refractivity contribution < 1.29 is 13.7 Å². The van der Waals surface area contributed by atoms with Crippen molar-refractivity contribution in [2.75, 3.05) is 18.0 Å². The molecule has 1 fully saturated rings. The molecule has 1 aliphatic heterocycles. The summed E-state index contributed by atoms with van der Waals surface area (Å²) < 4.78 is 18.6. The van der Waals surface area contributed by atoms with Crippen LogP contribution in [-0.4, -0.2) is 40.2 Å². The molecular formula is C20H20FN5O2. The van der Waals surface area contributed by atoms with Gasteiger partial charge in [-0.2, -0.15) is 4.98 Å². The lowest BCUT2D eigenvalue weighted by Gasteiger charge is -2.19. The molecule has 1 atom stereocenters. The van der Waals surface area contributed by atoms with Gasteiger partial charge in [0.1, 0.15) is 11.6 Å². The number of hydrogen-bond donors (Lipinski definition) is 1. The number of amides is 1. The predicted octanol–water partition coefficient (Wildman–Crippen LogP) is 2.52. The summed E-state index contributed by atoms with van der Waals surface area (Å²) in [7, 11) is 0. The number of nitrogens with zero attached hydrogens (tertiary/aromatic N) is 4. The van der Waals surface area contributed by atoms with Crippen LogP contribution in [0.4, 0.5) is 10.2 Å². The highest BCUT2D eigenvalue weighted by molar-refractivity contribution is 5.79. The molecule has 3 aromatic rings. The first-order chi connectivity index (χ1) is 13.6. The second-order valence-corrected chi connectivity index (χ2v) is 6.83. The van der Waals surface area contributed by atoms with E-state index in [-0.39, 0.29) is 24.2 Å². The summed E-state index contributed by atoms with van der Waals surface area (Å²) in [5.74, 6) is 1.29. The molecule has 1 N–H and O–H groups in total. The third kappa shape index (κ3) is 4.00. The van der Waals surface area contributed by atoms with E-state index in [1.165, 1.54) is 12.1 Å². The summed E-state index contributed by atoms with van der Waals surface area (Å²) in [5, 5.41) is 6.87. The molecule has 0 spiro atoms. The number of anilines is 1. The van der Waals surface area contributed by atoms with Gasteiger partial charge in [0, 0.05) is 25.3 Å². The maximum atomic E-state index is 13.3. The van der Waals surface area contributed by atoms with Crippen molar-refractivity contribution >= 4 is 11.7 Å². The van der Waals surface area contributed by atoms with E-state index in [2.05, 4.69) is 25.3 Å². The summed E-state index contributed by atoms with van der Waals surface area (Å²) in [5.41, 5.74) is 1.43. The topological polar surface area (TPSA) is 84.2 Å². The lowest BCUT2D eigenvalue weighted by Crippen LogP contribution is -2.38. The average molecular weight is 381 g/mol. The van der Waals surface area contributed by atoms with Crippen LogP contribution in [0.5, 0.6) is 0 Å². The molecule has 1 aliphatic rings. The highest BCUT2D eigenvalue weighted by atomic mass is 19.1. The summed E-state index contributed by atoms with van der Waals surface area (Å²) in [6.45, 7) is 3.15. The number of aryl methyl sites for hydroxylation is 1. The number of hydrogen-bond acceptors (Lipinski definition) is 6. The van der Waals surface area contributed by atoms with Gasteiger partial charge in [-0.3, -0.25) is 4.79 Å². The molecule has 0 bridgehead atoms. The van der Waals surface area contributed by atoms with Crippen LogP contribution in [0, 0.1) is 12.7 Å². The second-order valence-electron chi connectivity index (χ2n) is 6.83. The Morgan fingerprint density at radius 2 is 2.25 bits per heavy atom. The summed E-state index contributed by atoms with van der Waals surface area (Å²) in [6.07, 6.45) is 2.68. The van der Waals surface area contributed by atoms with Crippen LogP contribution in [0.25, 0.3) is 11.5 Å². The van der Waals surface area contributed by atoms with Crippen molar-refractivity contribution in [2.24, 2.45) is 0 Å². The van der Waals surface area contributed by atoms with Gasteiger partial charge in [-0.25, -0.2) is 9.37 Å². The SMILES string of the molecule is Cc1noc(-c2cccnc2N2CCC(NC(=O)Cc3cccc(F)c3)C2)n1. The maximum Gasteiger partial charge on any atom is 0.261 e. The fraction of sp³-hybridized carbons (Fsp3) is 0.300. The zero-order valence-corrected chi connectivity index (χ0v) is 15.4. The van der Waals surface area contributed by atoms with E-state index in [0.717, 1.165) is 24.3 Å². The van der Waals surface area contributed by atoms with Crippen LogP contribution in [0.15, 0.2) is 47.1 Å². The van der Waals surface area contributed by atoms with Crippen LogP contribution in [-0.2, 0) is 11.2 Å². The highest BCUT2D eigenvalue weighted by Gasteiger charge is 2.27. The Balaban J connectivity index is 1.41. The summed E-state index contributed by atoms with van der Waals surface area (Å²) in [4.78, 5) is 23.2. The van der Waals surface area contributed by atoms with Crippen molar-refractivity contribution in [2.45, 2.75) is 25.8 Å². The minimum Gasteiger partial charge on any atom is -0.354 e. The first kappa shape index (κ1) is 18.1. The van der Waals surface area contributed by atoms with Crippen LogP contribution in [0.1, 0.15) is 17.8 Å². The lowest BCUT2D eigenvalue weighted by atomic mass is 10.1. The van der Waals surface area contributed by atoms with Crippen LogP contribution in [0.3, 0.4) is 0 Å². The Hall–Kier alpha value is -3.29. The number of halogens is 1. The summed E-state index contributed by atoms with van der Waals surface area (Å²) >= 11 is 0. The minimum absolute atomic E-state index is 0.000312. The molecule has 2 aromatic heterocycles. The molecule has 0 radical (unpaired) electrons. The first-order valence-electron chi connectivity index (χ1n) is 9.13. The second kappa shape index (κ2) is 7.75. The van der Waals surface area contributed by atoms with E-state index in [0.29, 0.717) is 23.8 Å². The van der Waals surface area contributed by atoms with Crippen molar-refractivity contribution in [1.82, 2.24) is 20.4 Å². The van der Waals surface area contributed by atoms with Crippen molar-refractivity contribution in [1.29, 1.82) is 0 Å². The van der Waals surface area contributed by atoms with E-state index in [9.17, 15) is 9.18 Å². The fourth-order valence-electron chi connectivity index (χ4n) is 3.40. The van der Waals surface area contributed by atoms with Gasteiger partial charge in [0.15, 0.2) is 5.82 Å². The van der Waals surface area contributed by atoms with E-state index >= 15 is 0 Å². The van der Waals surface area contributed by atoms with Crippen LogP contribution >= 0.6 is 0 Å².